The number of methoxy groups -OCH3 is 1. The molecule has 1 aliphatic heterocycles. The Morgan fingerprint density at radius 1 is 1.11 bits per heavy atom. The van der Waals surface area contributed by atoms with Crippen molar-refractivity contribution in [3.8, 4) is 5.75 Å². The number of hydrogen-bond donors (Lipinski definition) is 1. The summed E-state index contributed by atoms with van der Waals surface area (Å²) < 4.78 is 33.5. The lowest BCUT2D eigenvalue weighted by molar-refractivity contribution is 0.0339. The fraction of sp³-hybridized carbons (Fsp3) is 0.381. The molecule has 0 spiro atoms. The number of hydrogen-bond acceptors (Lipinski definition) is 5. The highest BCUT2D eigenvalue weighted by atomic mass is 32.2. The first-order valence-corrected chi connectivity index (χ1v) is 10.5. The van der Waals surface area contributed by atoms with E-state index in [4.69, 9.17) is 9.47 Å². The van der Waals surface area contributed by atoms with E-state index in [1.807, 2.05) is 32.0 Å². The first kappa shape index (κ1) is 20.4. The van der Waals surface area contributed by atoms with E-state index in [0.29, 0.717) is 30.0 Å². The van der Waals surface area contributed by atoms with E-state index in [-0.39, 0.29) is 23.9 Å². The van der Waals surface area contributed by atoms with Gasteiger partial charge in [0.25, 0.3) is 5.91 Å². The summed E-state index contributed by atoms with van der Waals surface area (Å²) in [6.45, 7) is 4.74. The van der Waals surface area contributed by atoms with Crippen LogP contribution in [0.25, 0.3) is 0 Å². The summed E-state index contributed by atoms with van der Waals surface area (Å²) in [6, 6.07) is 12.9. The van der Waals surface area contributed by atoms with Crippen molar-refractivity contribution in [3.05, 3.63) is 64.7 Å². The van der Waals surface area contributed by atoms with Crippen molar-refractivity contribution in [2.45, 2.75) is 31.8 Å². The second kappa shape index (κ2) is 8.75. The Morgan fingerprint density at radius 3 is 2.57 bits per heavy atom. The maximum absolute atomic E-state index is 13.0. The van der Waals surface area contributed by atoms with E-state index in [2.05, 4.69) is 0 Å². The molecule has 1 amide bonds. The Hall–Kier alpha value is -2.38. The molecule has 2 aromatic rings. The molecule has 2 atom stereocenters. The van der Waals surface area contributed by atoms with Gasteiger partial charge in [-0.1, -0.05) is 29.8 Å². The normalized spacial score (nSPS) is 19.2. The standard InChI is InChI=1S/C21H25NO5S/c1-14-7-8-15(2)18(9-14)21(23)22-11-19(26-3)20(12-22)27-17-6-4-5-16(10-17)13-28(24)25/h4-10,19-20,28H,11-13H2,1-3H3. The van der Waals surface area contributed by atoms with Crippen molar-refractivity contribution >= 4 is 16.6 Å². The van der Waals surface area contributed by atoms with Crippen molar-refractivity contribution in [2.24, 2.45) is 0 Å². The maximum Gasteiger partial charge on any atom is 0.254 e. The largest absolute Gasteiger partial charge is 0.486 e. The molecule has 7 heteroatoms. The van der Waals surface area contributed by atoms with Crippen LogP contribution in [-0.2, 0) is 21.2 Å². The molecule has 1 saturated heterocycles. The minimum absolute atomic E-state index is 0.0256. The molecule has 0 aliphatic carbocycles. The van der Waals surface area contributed by atoms with Gasteiger partial charge in [0.05, 0.1) is 18.8 Å². The first-order chi connectivity index (χ1) is 13.4. The van der Waals surface area contributed by atoms with Crippen LogP contribution in [-0.4, -0.2) is 51.6 Å². The van der Waals surface area contributed by atoms with Crippen LogP contribution in [0.3, 0.4) is 0 Å². The van der Waals surface area contributed by atoms with Crippen LogP contribution in [0.5, 0.6) is 5.75 Å². The SMILES string of the molecule is COC1CN(C(=O)c2cc(C)ccc2C)CC1Oc1cccc(C[SH](=O)=O)c1. The van der Waals surface area contributed by atoms with E-state index in [1.165, 1.54) is 0 Å². The molecular weight excluding hydrogens is 378 g/mol. The average molecular weight is 404 g/mol. The molecule has 1 heterocycles. The van der Waals surface area contributed by atoms with Crippen LogP contribution in [0, 0.1) is 13.8 Å². The number of rotatable bonds is 6. The Bertz CT molecular complexity index is 932. The van der Waals surface area contributed by atoms with Crippen molar-refractivity contribution in [3.63, 3.8) is 0 Å². The first-order valence-electron chi connectivity index (χ1n) is 9.14. The maximum atomic E-state index is 13.0. The summed E-state index contributed by atoms with van der Waals surface area (Å²) in [5.41, 5.74) is 3.34. The fourth-order valence-electron chi connectivity index (χ4n) is 3.43. The van der Waals surface area contributed by atoms with Gasteiger partial charge in [-0.3, -0.25) is 4.79 Å². The summed E-state index contributed by atoms with van der Waals surface area (Å²) in [5.74, 6) is 0.510. The smallest absolute Gasteiger partial charge is 0.254 e. The van der Waals surface area contributed by atoms with Crippen LogP contribution in [0.2, 0.25) is 0 Å². The molecule has 0 aromatic heterocycles. The van der Waals surface area contributed by atoms with E-state index in [0.717, 1.165) is 11.1 Å². The lowest BCUT2D eigenvalue weighted by Gasteiger charge is -2.19. The molecule has 0 saturated carbocycles. The van der Waals surface area contributed by atoms with E-state index in [9.17, 15) is 13.2 Å². The summed E-state index contributed by atoms with van der Waals surface area (Å²) in [6.07, 6.45) is -0.579. The average Bonchev–Trinajstić information content (AvgIpc) is 3.05. The number of thiol groups is 1. The van der Waals surface area contributed by atoms with Gasteiger partial charge < -0.3 is 14.4 Å². The highest BCUT2D eigenvalue weighted by molar-refractivity contribution is 7.71. The quantitative estimate of drug-likeness (QED) is 0.750. The third-order valence-corrected chi connectivity index (χ3v) is 5.55. The van der Waals surface area contributed by atoms with Gasteiger partial charge >= 0.3 is 0 Å². The Kier molecular flexibility index (Phi) is 6.36. The molecule has 2 unspecified atom stereocenters. The summed E-state index contributed by atoms with van der Waals surface area (Å²) in [7, 11) is -0.894. The van der Waals surface area contributed by atoms with Gasteiger partial charge in [-0.2, -0.15) is 0 Å². The van der Waals surface area contributed by atoms with Gasteiger partial charge in [-0.15, -0.1) is 0 Å². The molecule has 2 aromatic carbocycles. The molecule has 6 nitrogen and oxygen atoms in total. The second-order valence-corrected chi connectivity index (χ2v) is 8.08. The lowest BCUT2D eigenvalue weighted by Crippen LogP contribution is -2.32. The van der Waals surface area contributed by atoms with Gasteiger partial charge in [-0.05, 0) is 43.2 Å². The van der Waals surface area contributed by atoms with Gasteiger partial charge in [0.2, 0.25) is 0 Å². The lowest BCUT2D eigenvalue weighted by atomic mass is 10.0. The number of aryl methyl sites for hydroxylation is 2. The van der Waals surface area contributed by atoms with Crippen LogP contribution in [0.15, 0.2) is 42.5 Å². The molecule has 0 N–H and O–H groups in total. The van der Waals surface area contributed by atoms with Crippen molar-refractivity contribution in [2.75, 3.05) is 20.2 Å². The Balaban J connectivity index is 1.75. The Morgan fingerprint density at radius 2 is 1.86 bits per heavy atom. The van der Waals surface area contributed by atoms with Crippen LogP contribution in [0.4, 0.5) is 0 Å². The molecular formula is C21H25NO5S. The summed E-state index contributed by atoms with van der Waals surface area (Å²) >= 11 is 0. The van der Waals surface area contributed by atoms with E-state index in [1.54, 1.807) is 36.3 Å². The number of carbonyl (C=O) groups is 1. The van der Waals surface area contributed by atoms with Crippen molar-refractivity contribution in [1.82, 2.24) is 4.90 Å². The third-order valence-electron chi connectivity index (χ3n) is 4.93. The second-order valence-electron chi connectivity index (χ2n) is 7.10. The molecule has 0 bridgehead atoms. The van der Waals surface area contributed by atoms with Gasteiger partial charge in [0, 0.05) is 12.7 Å². The molecule has 28 heavy (non-hydrogen) atoms. The molecule has 150 valence electrons. The van der Waals surface area contributed by atoms with Crippen LogP contribution < -0.4 is 4.74 Å². The number of benzene rings is 2. The monoisotopic (exact) mass is 403 g/mol. The zero-order chi connectivity index (χ0) is 20.3. The van der Waals surface area contributed by atoms with Gasteiger partial charge in [-0.25, -0.2) is 8.42 Å². The number of amides is 1. The highest BCUT2D eigenvalue weighted by Crippen LogP contribution is 2.24. The zero-order valence-corrected chi connectivity index (χ0v) is 17.1. The van der Waals surface area contributed by atoms with Crippen molar-refractivity contribution < 1.29 is 22.7 Å². The predicted octanol–water partition coefficient (Wildman–Crippen LogP) is 2.33. The van der Waals surface area contributed by atoms with Crippen LogP contribution >= 0.6 is 0 Å². The minimum atomic E-state index is -2.50. The Labute approximate surface area is 167 Å². The topological polar surface area (TPSA) is 72.9 Å². The van der Waals surface area contributed by atoms with Gasteiger partial charge in [0.1, 0.15) is 28.7 Å². The molecule has 1 fully saturated rings. The number of likely N-dealkylation sites (tertiary alicyclic amines) is 1. The molecule has 1 aliphatic rings. The third kappa shape index (κ3) is 4.72. The van der Waals surface area contributed by atoms with E-state index >= 15 is 0 Å². The summed E-state index contributed by atoms with van der Waals surface area (Å²) in [4.78, 5) is 14.8. The fourth-order valence-corrected chi connectivity index (χ4v) is 3.92. The molecule has 0 radical (unpaired) electrons. The number of carbonyl (C=O) groups excluding carboxylic acids is 1. The van der Waals surface area contributed by atoms with Crippen LogP contribution in [0.1, 0.15) is 27.0 Å². The highest BCUT2D eigenvalue weighted by Gasteiger charge is 2.37. The van der Waals surface area contributed by atoms with E-state index < -0.39 is 10.7 Å². The minimum Gasteiger partial charge on any atom is -0.486 e. The van der Waals surface area contributed by atoms with Crippen molar-refractivity contribution in [1.29, 1.82) is 0 Å². The number of ether oxygens (including phenoxy) is 2. The zero-order valence-electron chi connectivity index (χ0n) is 16.3. The summed E-state index contributed by atoms with van der Waals surface area (Å²) in [5, 5.41) is 0. The number of nitrogens with zero attached hydrogens (tertiary/aromatic N) is 1. The molecule has 3 rings (SSSR count). The predicted molar refractivity (Wildman–Crippen MR) is 107 cm³/mol. The van der Waals surface area contributed by atoms with Gasteiger partial charge in [0.15, 0.2) is 0 Å².